The van der Waals surface area contributed by atoms with Gasteiger partial charge in [0.1, 0.15) is 0 Å². The summed E-state index contributed by atoms with van der Waals surface area (Å²) in [7, 11) is 0. The Morgan fingerprint density at radius 2 is 2.19 bits per heavy atom. The third-order valence-corrected chi connectivity index (χ3v) is 3.53. The number of nitrogens with zero attached hydrogens (tertiary/aromatic N) is 1. The molecule has 1 fully saturated rings. The topological polar surface area (TPSA) is 52.6 Å². The van der Waals surface area contributed by atoms with E-state index in [-0.39, 0.29) is 18.6 Å². The van der Waals surface area contributed by atoms with Crippen LogP contribution >= 0.6 is 0 Å². The number of carbonyl (C=O) groups excluding carboxylic acids is 1. The van der Waals surface area contributed by atoms with Crippen LogP contribution in [0.25, 0.3) is 0 Å². The second-order valence-corrected chi connectivity index (χ2v) is 4.65. The molecule has 1 aliphatic rings. The van der Waals surface area contributed by atoms with Gasteiger partial charge in [-0.2, -0.15) is 0 Å². The van der Waals surface area contributed by atoms with Crippen molar-refractivity contribution in [3.05, 3.63) is 0 Å². The quantitative estimate of drug-likeness (QED) is 0.748. The Labute approximate surface area is 98.0 Å². The molecule has 0 aromatic heterocycles. The lowest BCUT2D eigenvalue weighted by Crippen LogP contribution is -2.40. The van der Waals surface area contributed by atoms with Crippen LogP contribution in [0.1, 0.15) is 33.1 Å². The van der Waals surface area contributed by atoms with E-state index in [0.29, 0.717) is 12.5 Å². The predicted molar refractivity (Wildman–Crippen MR) is 64.2 cm³/mol. The van der Waals surface area contributed by atoms with E-state index in [2.05, 4.69) is 19.2 Å². The van der Waals surface area contributed by atoms with Crippen molar-refractivity contribution in [2.24, 2.45) is 11.8 Å². The molecule has 1 atom stereocenters. The largest absolute Gasteiger partial charge is 0.396 e. The van der Waals surface area contributed by atoms with Crippen LogP contribution in [0.4, 0.5) is 4.79 Å². The standard InChI is InChI=1S/C12H24N2O2/c1-3-10(4-2)7-13-12(16)14-6-5-11(8-14)9-15/h10-11,15H,3-9H2,1-2H3,(H,13,16). The molecular formula is C12H24N2O2. The molecule has 1 aliphatic heterocycles. The van der Waals surface area contributed by atoms with Gasteiger partial charge in [0.25, 0.3) is 0 Å². The molecule has 0 aromatic carbocycles. The zero-order valence-electron chi connectivity index (χ0n) is 10.4. The van der Waals surface area contributed by atoms with E-state index in [1.807, 2.05) is 4.90 Å². The van der Waals surface area contributed by atoms with Gasteiger partial charge in [0.2, 0.25) is 0 Å². The zero-order chi connectivity index (χ0) is 12.0. The van der Waals surface area contributed by atoms with Crippen LogP contribution in [0.3, 0.4) is 0 Å². The molecule has 0 bridgehead atoms. The molecule has 1 rings (SSSR count). The van der Waals surface area contributed by atoms with E-state index in [4.69, 9.17) is 5.11 Å². The van der Waals surface area contributed by atoms with Gasteiger partial charge in [0.05, 0.1) is 0 Å². The fourth-order valence-corrected chi connectivity index (χ4v) is 2.09. The lowest BCUT2D eigenvalue weighted by Gasteiger charge is -2.19. The normalized spacial score (nSPS) is 20.5. The summed E-state index contributed by atoms with van der Waals surface area (Å²) in [6.07, 6.45) is 3.14. The van der Waals surface area contributed by atoms with Crippen LogP contribution in [0.15, 0.2) is 0 Å². The molecule has 2 N–H and O–H groups in total. The first kappa shape index (κ1) is 13.3. The molecule has 4 nitrogen and oxygen atoms in total. The van der Waals surface area contributed by atoms with Gasteiger partial charge in [-0.1, -0.05) is 26.7 Å². The summed E-state index contributed by atoms with van der Waals surface area (Å²) in [6.45, 7) is 6.74. The van der Waals surface area contributed by atoms with Gasteiger partial charge >= 0.3 is 6.03 Å². The number of hydrogen-bond acceptors (Lipinski definition) is 2. The molecule has 0 radical (unpaired) electrons. The minimum Gasteiger partial charge on any atom is -0.396 e. The maximum absolute atomic E-state index is 11.8. The summed E-state index contributed by atoms with van der Waals surface area (Å²) in [5, 5.41) is 12.0. The molecule has 1 saturated heterocycles. The number of carbonyl (C=O) groups is 1. The highest BCUT2D eigenvalue weighted by molar-refractivity contribution is 5.74. The number of nitrogens with one attached hydrogen (secondary N) is 1. The second-order valence-electron chi connectivity index (χ2n) is 4.65. The molecule has 0 aliphatic carbocycles. The molecule has 4 heteroatoms. The van der Waals surface area contributed by atoms with Crippen molar-refractivity contribution in [2.45, 2.75) is 33.1 Å². The van der Waals surface area contributed by atoms with Crippen molar-refractivity contribution in [3.8, 4) is 0 Å². The molecule has 2 amide bonds. The zero-order valence-corrected chi connectivity index (χ0v) is 10.4. The van der Waals surface area contributed by atoms with Gasteiger partial charge in [0.15, 0.2) is 0 Å². The number of hydrogen-bond donors (Lipinski definition) is 2. The number of rotatable bonds is 5. The lowest BCUT2D eigenvalue weighted by molar-refractivity contribution is 0.196. The predicted octanol–water partition coefficient (Wildman–Crippen LogP) is 1.45. The summed E-state index contributed by atoms with van der Waals surface area (Å²) in [4.78, 5) is 13.6. The van der Waals surface area contributed by atoms with Crippen molar-refractivity contribution in [1.82, 2.24) is 10.2 Å². The van der Waals surface area contributed by atoms with Gasteiger partial charge < -0.3 is 15.3 Å². The molecule has 1 heterocycles. The van der Waals surface area contributed by atoms with E-state index < -0.39 is 0 Å². The first-order chi connectivity index (χ1) is 7.71. The summed E-state index contributed by atoms with van der Waals surface area (Å²) in [5.74, 6) is 0.860. The minimum atomic E-state index is 0.0304. The van der Waals surface area contributed by atoms with E-state index in [1.165, 1.54) is 0 Å². The monoisotopic (exact) mass is 228 g/mol. The first-order valence-corrected chi connectivity index (χ1v) is 6.34. The molecule has 0 aromatic rings. The SMILES string of the molecule is CCC(CC)CNC(=O)N1CCC(CO)C1. The Morgan fingerprint density at radius 1 is 1.50 bits per heavy atom. The number of urea groups is 1. The molecule has 94 valence electrons. The molecule has 0 spiro atoms. The summed E-state index contributed by atoms with van der Waals surface area (Å²) in [5.41, 5.74) is 0. The van der Waals surface area contributed by atoms with Gasteiger partial charge in [0, 0.05) is 32.2 Å². The highest BCUT2D eigenvalue weighted by Gasteiger charge is 2.25. The van der Waals surface area contributed by atoms with Gasteiger partial charge in [-0.3, -0.25) is 0 Å². The van der Waals surface area contributed by atoms with Gasteiger partial charge in [-0.15, -0.1) is 0 Å². The van der Waals surface area contributed by atoms with Crippen LogP contribution in [0.2, 0.25) is 0 Å². The molecular weight excluding hydrogens is 204 g/mol. The molecule has 16 heavy (non-hydrogen) atoms. The average Bonchev–Trinajstić information content (AvgIpc) is 2.78. The van der Waals surface area contributed by atoms with Crippen molar-refractivity contribution in [2.75, 3.05) is 26.2 Å². The first-order valence-electron chi connectivity index (χ1n) is 6.34. The maximum atomic E-state index is 11.8. The van der Waals surface area contributed by atoms with Crippen molar-refractivity contribution in [3.63, 3.8) is 0 Å². The number of likely N-dealkylation sites (tertiary alicyclic amines) is 1. The van der Waals surface area contributed by atoms with Crippen LogP contribution < -0.4 is 5.32 Å². The van der Waals surface area contributed by atoms with E-state index >= 15 is 0 Å². The second kappa shape index (κ2) is 6.74. The fraction of sp³-hybridized carbons (Fsp3) is 0.917. The number of aliphatic hydroxyl groups is 1. The lowest BCUT2D eigenvalue weighted by atomic mass is 10.0. The third-order valence-electron chi connectivity index (χ3n) is 3.53. The number of aliphatic hydroxyl groups excluding tert-OH is 1. The molecule has 0 saturated carbocycles. The van der Waals surface area contributed by atoms with Gasteiger partial charge in [-0.25, -0.2) is 4.79 Å². The smallest absolute Gasteiger partial charge is 0.317 e. The van der Waals surface area contributed by atoms with E-state index in [1.54, 1.807) is 0 Å². The van der Waals surface area contributed by atoms with Crippen LogP contribution in [0.5, 0.6) is 0 Å². The average molecular weight is 228 g/mol. The highest BCUT2D eigenvalue weighted by atomic mass is 16.3. The molecule has 1 unspecified atom stereocenters. The summed E-state index contributed by atoms with van der Waals surface area (Å²) >= 11 is 0. The van der Waals surface area contributed by atoms with E-state index in [0.717, 1.165) is 32.4 Å². The Balaban J connectivity index is 2.25. The third kappa shape index (κ3) is 3.67. The van der Waals surface area contributed by atoms with E-state index in [9.17, 15) is 4.79 Å². The minimum absolute atomic E-state index is 0.0304. The summed E-state index contributed by atoms with van der Waals surface area (Å²) < 4.78 is 0. The van der Waals surface area contributed by atoms with Crippen LogP contribution in [-0.4, -0.2) is 42.3 Å². The van der Waals surface area contributed by atoms with Crippen LogP contribution in [0, 0.1) is 11.8 Å². The van der Waals surface area contributed by atoms with Gasteiger partial charge in [-0.05, 0) is 12.3 Å². The van der Waals surface area contributed by atoms with Crippen molar-refractivity contribution >= 4 is 6.03 Å². The van der Waals surface area contributed by atoms with Crippen molar-refractivity contribution < 1.29 is 9.90 Å². The maximum Gasteiger partial charge on any atom is 0.317 e. The Morgan fingerprint density at radius 3 is 2.69 bits per heavy atom. The van der Waals surface area contributed by atoms with Crippen molar-refractivity contribution in [1.29, 1.82) is 0 Å². The summed E-state index contributed by atoms with van der Waals surface area (Å²) in [6, 6.07) is 0.0304. The Hall–Kier alpha value is -0.770. The number of amides is 2. The van der Waals surface area contributed by atoms with Crippen LogP contribution in [-0.2, 0) is 0 Å². The highest BCUT2D eigenvalue weighted by Crippen LogP contribution is 2.15. The Kier molecular flexibility index (Phi) is 5.60. The Bertz CT molecular complexity index is 217. The fourth-order valence-electron chi connectivity index (χ4n) is 2.09.